The second-order valence-electron chi connectivity index (χ2n) is 5.91. The molecule has 1 atom stereocenters. The van der Waals surface area contributed by atoms with Crippen LogP contribution < -0.4 is 10.9 Å². The van der Waals surface area contributed by atoms with Crippen molar-refractivity contribution in [3.8, 4) is 0 Å². The maximum absolute atomic E-state index is 12.5. The van der Waals surface area contributed by atoms with Crippen molar-refractivity contribution in [2.45, 2.75) is 39.7 Å². The van der Waals surface area contributed by atoms with E-state index in [1.807, 2.05) is 13.8 Å². The van der Waals surface area contributed by atoms with Gasteiger partial charge in [0.05, 0.1) is 11.3 Å². The van der Waals surface area contributed by atoms with Crippen molar-refractivity contribution >= 4 is 11.6 Å². The monoisotopic (exact) mass is 330 g/mol. The summed E-state index contributed by atoms with van der Waals surface area (Å²) in [5.74, 6) is 0.737. The summed E-state index contributed by atoms with van der Waals surface area (Å²) >= 11 is 0. The molecule has 0 aliphatic rings. The Morgan fingerprint density at radius 2 is 2.12 bits per heavy atom. The Labute approximate surface area is 137 Å². The minimum Gasteiger partial charge on any atom is -0.340 e. The summed E-state index contributed by atoms with van der Waals surface area (Å²) in [5, 5.41) is 9.28. The van der Waals surface area contributed by atoms with Crippen LogP contribution in [0.4, 0.5) is 0 Å². The summed E-state index contributed by atoms with van der Waals surface area (Å²) < 4.78 is 6.66. The molecular weight excluding hydrogens is 312 g/mol. The van der Waals surface area contributed by atoms with Crippen LogP contribution in [0.3, 0.4) is 0 Å². The fraction of sp³-hybridized carbons (Fsp3) is 0.400. The van der Waals surface area contributed by atoms with Gasteiger partial charge in [0.15, 0.2) is 11.5 Å². The number of nitrogens with zero attached hydrogens (tertiary/aromatic N) is 4. The highest BCUT2D eigenvalue weighted by atomic mass is 16.5. The van der Waals surface area contributed by atoms with Crippen LogP contribution in [-0.2, 0) is 0 Å². The lowest BCUT2D eigenvalue weighted by Gasteiger charge is -2.12. The Balaban J connectivity index is 1.83. The molecule has 0 saturated carbocycles. The van der Waals surface area contributed by atoms with Gasteiger partial charge in [-0.2, -0.15) is 4.98 Å². The lowest BCUT2D eigenvalue weighted by atomic mass is 10.2. The lowest BCUT2D eigenvalue weighted by molar-refractivity contribution is 0.0931. The first kappa shape index (κ1) is 15.9. The number of H-pyrrole nitrogens is 1. The zero-order valence-corrected chi connectivity index (χ0v) is 13.8. The lowest BCUT2D eigenvalue weighted by Crippen LogP contribution is -2.28. The standard InChI is InChI=1S/C15H18N6O3/c1-7(2)13-18-15(24-20-13)8(3)17-14(23)10-6-16-11-5-12(22)19-21(11)9(10)4/h5-8H,1-4H3,(H,17,23)(H,19,22). The van der Waals surface area contributed by atoms with Crippen LogP contribution in [0.15, 0.2) is 21.6 Å². The third kappa shape index (κ3) is 2.80. The van der Waals surface area contributed by atoms with Crippen molar-refractivity contribution in [3.05, 3.63) is 45.6 Å². The zero-order valence-electron chi connectivity index (χ0n) is 13.8. The van der Waals surface area contributed by atoms with Crippen LogP contribution in [0.25, 0.3) is 5.65 Å². The number of hydrogen-bond donors (Lipinski definition) is 2. The van der Waals surface area contributed by atoms with E-state index in [9.17, 15) is 9.59 Å². The number of nitrogens with one attached hydrogen (secondary N) is 2. The Bertz CT molecular complexity index is 952. The number of aryl methyl sites for hydroxylation is 1. The molecule has 9 heteroatoms. The van der Waals surface area contributed by atoms with E-state index in [4.69, 9.17) is 4.52 Å². The maximum atomic E-state index is 12.5. The van der Waals surface area contributed by atoms with Crippen molar-refractivity contribution in [3.63, 3.8) is 0 Å². The molecule has 3 aromatic rings. The quantitative estimate of drug-likeness (QED) is 0.745. The largest absolute Gasteiger partial charge is 0.340 e. The van der Waals surface area contributed by atoms with Gasteiger partial charge >= 0.3 is 0 Å². The average molecular weight is 330 g/mol. The fourth-order valence-corrected chi connectivity index (χ4v) is 2.29. The van der Waals surface area contributed by atoms with Gasteiger partial charge in [0.2, 0.25) is 5.89 Å². The number of carbonyl (C=O) groups is 1. The molecule has 0 aliphatic heterocycles. The average Bonchev–Trinajstić information content (AvgIpc) is 3.13. The van der Waals surface area contributed by atoms with Gasteiger partial charge in [0.25, 0.3) is 11.5 Å². The molecule has 1 amide bonds. The predicted octanol–water partition coefficient (Wildman–Crippen LogP) is 1.33. The molecule has 126 valence electrons. The van der Waals surface area contributed by atoms with Gasteiger partial charge in [0, 0.05) is 18.2 Å². The minimum absolute atomic E-state index is 0.143. The van der Waals surface area contributed by atoms with Gasteiger partial charge in [0.1, 0.15) is 6.04 Å². The van der Waals surface area contributed by atoms with Crippen molar-refractivity contribution in [2.75, 3.05) is 0 Å². The first-order valence-corrected chi connectivity index (χ1v) is 7.58. The van der Waals surface area contributed by atoms with E-state index in [1.54, 1.807) is 13.8 Å². The molecule has 0 spiro atoms. The Morgan fingerprint density at radius 3 is 2.79 bits per heavy atom. The maximum Gasteiger partial charge on any atom is 0.266 e. The number of carbonyl (C=O) groups excluding carboxylic acids is 1. The highest BCUT2D eigenvalue weighted by Gasteiger charge is 2.20. The molecule has 24 heavy (non-hydrogen) atoms. The third-order valence-corrected chi connectivity index (χ3v) is 3.70. The van der Waals surface area contributed by atoms with Crippen LogP contribution in [0.1, 0.15) is 60.5 Å². The summed E-state index contributed by atoms with van der Waals surface area (Å²) in [6.45, 7) is 7.40. The first-order chi connectivity index (χ1) is 11.4. The minimum atomic E-state index is -0.448. The zero-order chi connectivity index (χ0) is 17.4. The van der Waals surface area contributed by atoms with Gasteiger partial charge < -0.3 is 9.84 Å². The Hall–Kier alpha value is -2.97. The highest BCUT2D eigenvalue weighted by Crippen LogP contribution is 2.16. The van der Waals surface area contributed by atoms with Gasteiger partial charge in [-0.05, 0) is 13.8 Å². The number of rotatable bonds is 4. The van der Waals surface area contributed by atoms with E-state index >= 15 is 0 Å². The molecule has 3 rings (SSSR count). The smallest absolute Gasteiger partial charge is 0.266 e. The van der Waals surface area contributed by atoms with Crippen molar-refractivity contribution < 1.29 is 9.32 Å². The normalized spacial score (nSPS) is 12.7. The van der Waals surface area contributed by atoms with Crippen LogP contribution in [0.2, 0.25) is 0 Å². The summed E-state index contributed by atoms with van der Waals surface area (Å²) in [5.41, 5.74) is 1.12. The van der Waals surface area contributed by atoms with Crippen LogP contribution in [0.5, 0.6) is 0 Å². The SMILES string of the molecule is Cc1c(C(=O)NC(C)c2nc(C(C)C)no2)cnc2cc(=O)[nH]n12. The molecule has 0 radical (unpaired) electrons. The van der Waals surface area contributed by atoms with Crippen LogP contribution in [0, 0.1) is 6.92 Å². The van der Waals surface area contributed by atoms with Gasteiger partial charge in [-0.25, -0.2) is 9.50 Å². The van der Waals surface area contributed by atoms with E-state index in [1.165, 1.54) is 16.8 Å². The summed E-state index contributed by atoms with van der Waals surface area (Å²) in [7, 11) is 0. The molecule has 3 aromatic heterocycles. The Kier molecular flexibility index (Phi) is 3.92. The van der Waals surface area contributed by atoms with E-state index < -0.39 is 6.04 Å². The molecule has 0 fully saturated rings. The van der Waals surface area contributed by atoms with Crippen molar-refractivity contribution in [1.29, 1.82) is 0 Å². The molecule has 2 N–H and O–H groups in total. The van der Waals surface area contributed by atoms with Gasteiger partial charge in [-0.15, -0.1) is 0 Å². The predicted molar refractivity (Wildman–Crippen MR) is 84.8 cm³/mol. The number of fused-ring (bicyclic) bond motifs is 1. The Morgan fingerprint density at radius 1 is 1.38 bits per heavy atom. The molecule has 9 nitrogen and oxygen atoms in total. The van der Waals surface area contributed by atoms with Crippen molar-refractivity contribution in [2.24, 2.45) is 0 Å². The highest BCUT2D eigenvalue weighted by molar-refractivity contribution is 5.95. The molecule has 0 bridgehead atoms. The fourth-order valence-electron chi connectivity index (χ4n) is 2.29. The van der Waals surface area contributed by atoms with Gasteiger partial charge in [-0.3, -0.25) is 14.7 Å². The van der Waals surface area contributed by atoms with E-state index in [2.05, 4.69) is 25.5 Å². The van der Waals surface area contributed by atoms with Crippen molar-refractivity contribution in [1.82, 2.24) is 30.1 Å². The van der Waals surface area contributed by atoms with Gasteiger partial charge in [-0.1, -0.05) is 19.0 Å². The summed E-state index contributed by atoms with van der Waals surface area (Å²) in [6, 6.07) is 0.916. The number of amides is 1. The molecule has 0 saturated heterocycles. The molecule has 1 unspecified atom stereocenters. The molecule has 0 aliphatic carbocycles. The summed E-state index contributed by atoms with van der Waals surface area (Å²) in [4.78, 5) is 32.3. The molecular formula is C15H18N6O3. The third-order valence-electron chi connectivity index (χ3n) is 3.70. The first-order valence-electron chi connectivity index (χ1n) is 7.58. The topological polar surface area (TPSA) is 118 Å². The number of aromatic nitrogens is 5. The van der Waals surface area contributed by atoms with Crippen LogP contribution >= 0.6 is 0 Å². The summed E-state index contributed by atoms with van der Waals surface area (Å²) in [6.07, 6.45) is 1.44. The molecule has 3 heterocycles. The van der Waals surface area contributed by atoms with Crippen LogP contribution in [-0.4, -0.2) is 30.6 Å². The second kappa shape index (κ2) is 5.91. The number of aromatic amines is 1. The van der Waals surface area contributed by atoms with E-state index in [0.717, 1.165) is 0 Å². The molecule has 0 aromatic carbocycles. The number of hydrogen-bond acceptors (Lipinski definition) is 6. The second-order valence-corrected chi connectivity index (χ2v) is 5.91. The van der Waals surface area contributed by atoms with E-state index in [-0.39, 0.29) is 17.4 Å². The van der Waals surface area contributed by atoms with E-state index in [0.29, 0.717) is 28.6 Å².